The molecule has 0 radical (unpaired) electrons. The Kier molecular flexibility index (Phi) is 4.41. The number of para-hydroxylation sites is 1. The van der Waals surface area contributed by atoms with E-state index < -0.39 is 21.5 Å². The fourth-order valence-electron chi connectivity index (χ4n) is 1.79. The van der Waals surface area contributed by atoms with Gasteiger partial charge in [0.25, 0.3) is 11.4 Å². The first-order chi connectivity index (χ1) is 10.9. The number of carbonyl (C=O) groups is 2. The van der Waals surface area contributed by atoms with Gasteiger partial charge in [-0.3, -0.25) is 25.0 Å². The molecule has 116 valence electrons. The van der Waals surface area contributed by atoms with Gasteiger partial charge in [0.2, 0.25) is 0 Å². The van der Waals surface area contributed by atoms with Crippen LogP contribution in [0.3, 0.4) is 0 Å². The number of aldehydes is 1. The van der Waals surface area contributed by atoms with Crippen LogP contribution in [0.25, 0.3) is 0 Å². The molecule has 0 aliphatic rings. The summed E-state index contributed by atoms with van der Waals surface area (Å²) in [7, 11) is 0. The summed E-state index contributed by atoms with van der Waals surface area (Å²) in [6, 6.07) is 8.20. The van der Waals surface area contributed by atoms with Crippen molar-refractivity contribution in [2.24, 2.45) is 0 Å². The zero-order chi connectivity index (χ0) is 17.0. The molecular weight excluding hydrogens is 308 g/mol. The average molecular weight is 316 g/mol. The van der Waals surface area contributed by atoms with E-state index >= 15 is 0 Å². The van der Waals surface area contributed by atoms with E-state index in [1.54, 1.807) is 0 Å². The van der Waals surface area contributed by atoms with Crippen molar-refractivity contribution < 1.29 is 24.2 Å². The second-order valence-corrected chi connectivity index (χ2v) is 4.26. The second-order valence-electron chi connectivity index (χ2n) is 4.26. The molecule has 0 fully saturated rings. The van der Waals surface area contributed by atoms with E-state index in [0.717, 1.165) is 24.3 Å². The Labute approximate surface area is 128 Å². The highest BCUT2D eigenvalue weighted by atomic mass is 16.6. The number of nitro benzene ring substituents is 2. The van der Waals surface area contributed by atoms with Crippen LogP contribution in [0.15, 0.2) is 42.5 Å². The minimum absolute atomic E-state index is 0.217. The Morgan fingerprint density at radius 2 is 1.74 bits per heavy atom. The molecule has 0 N–H and O–H groups in total. The lowest BCUT2D eigenvalue weighted by atomic mass is 10.1. The van der Waals surface area contributed by atoms with Gasteiger partial charge >= 0.3 is 5.97 Å². The summed E-state index contributed by atoms with van der Waals surface area (Å²) in [6.07, 6.45) is 0.287. The third-order valence-corrected chi connectivity index (χ3v) is 2.85. The Bertz CT molecular complexity index is 817. The lowest BCUT2D eigenvalue weighted by Crippen LogP contribution is -2.12. The van der Waals surface area contributed by atoms with E-state index in [-0.39, 0.29) is 28.8 Å². The number of hydrogen-bond donors (Lipinski definition) is 0. The maximum Gasteiger partial charge on any atom is 0.350 e. The maximum absolute atomic E-state index is 12.0. The molecule has 0 aliphatic heterocycles. The minimum Gasteiger partial charge on any atom is -0.422 e. The van der Waals surface area contributed by atoms with Crippen molar-refractivity contribution in [3.8, 4) is 5.75 Å². The summed E-state index contributed by atoms with van der Waals surface area (Å²) >= 11 is 0. The van der Waals surface area contributed by atoms with Crippen molar-refractivity contribution in [2.45, 2.75) is 0 Å². The first kappa shape index (κ1) is 15.8. The molecule has 9 heteroatoms. The second kappa shape index (κ2) is 6.43. The molecule has 9 nitrogen and oxygen atoms in total. The van der Waals surface area contributed by atoms with Gasteiger partial charge in [-0.15, -0.1) is 0 Å². The van der Waals surface area contributed by atoms with Crippen LogP contribution in [0.5, 0.6) is 5.75 Å². The van der Waals surface area contributed by atoms with Gasteiger partial charge in [-0.05, 0) is 12.1 Å². The van der Waals surface area contributed by atoms with Crippen molar-refractivity contribution in [1.29, 1.82) is 0 Å². The fraction of sp³-hybridized carbons (Fsp3) is 0. The first-order valence-electron chi connectivity index (χ1n) is 6.13. The standard InChI is InChI=1S/C14H8N2O7/c17-8-9-7-10(15(19)20)5-6-13(9)23-14(18)11-3-1-2-4-12(11)16(21)22/h1-8H. The molecule has 0 aliphatic carbocycles. The minimum atomic E-state index is -1.05. The normalized spacial score (nSPS) is 9.91. The monoisotopic (exact) mass is 316 g/mol. The summed E-state index contributed by atoms with van der Waals surface area (Å²) in [6.45, 7) is 0. The molecule has 2 aromatic carbocycles. The number of nitro groups is 2. The van der Waals surface area contributed by atoms with Crippen LogP contribution in [-0.4, -0.2) is 22.1 Å². The molecule has 0 atom stereocenters. The van der Waals surface area contributed by atoms with Gasteiger partial charge in [-0.2, -0.15) is 0 Å². The number of benzene rings is 2. The number of rotatable bonds is 5. The zero-order valence-electron chi connectivity index (χ0n) is 11.4. The van der Waals surface area contributed by atoms with Crippen LogP contribution in [0.4, 0.5) is 11.4 Å². The van der Waals surface area contributed by atoms with Crippen molar-refractivity contribution in [3.63, 3.8) is 0 Å². The summed E-state index contributed by atoms with van der Waals surface area (Å²) in [5.41, 5.74) is -1.32. The van der Waals surface area contributed by atoms with Gasteiger partial charge < -0.3 is 4.74 Å². The van der Waals surface area contributed by atoms with Gasteiger partial charge in [-0.1, -0.05) is 12.1 Å². The quantitative estimate of drug-likeness (QED) is 0.272. The van der Waals surface area contributed by atoms with Crippen LogP contribution in [-0.2, 0) is 0 Å². The summed E-state index contributed by atoms with van der Waals surface area (Å²) in [5, 5.41) is 21.5. The van der Waals surface area contributed by atoms with Crippen molar-refractivity contribution in [1.82, 2.24) is 0 Å². The van der Waals surface area contributed by atoms with E-state index in [9.17, 15) is 29.8 Å². The molecule has 0 saturated heterocycles. The van der Waals surface area contributed by atoms with Crippen LogP contribution >= 0.6 is 0 Å². The molecule has 2 aromatic rings. The molecule has 0 bridgehead atoms. The van der Waals surface area contributed by atoms with Crippen LogP contribution in [0.2, 0.25) is 0 Å². The number of nitrogens with zero attached hydrogens (tertiary/aromatic N) is 2. The molecule has 23 heavy (non-hydrogen) atoms. The fourth-order valence-corrected chi connectivity index (χ4v) is 1.79. The number of ether oxygens (including phenoxy) is 1. The molecule has 0 spiro atoms. The lowest BCUT2D eigenvalue weighted by Gasteiger charge is -2.06. The molecule has 0 saturated carbocycles. The van der Waals surface area contributed by atoms with Gasteiger partial charge in [0, 0.05) is 18.2 Å². The maximum atomic E-state index is 12.0. The molecular formula is C14H8N2O7. The Balaban J connectivity index is 2.36. The summed E-state index contributed by atoms with van der Waals surface area (Å²) < 4.78 is 4.95. The van der Waals surface area contributed by atoms with Gasteiger partial charge in [0.05, 0.1) is 15.4 Å². The Hall–Kier alpha value is -3.62. The molecule has 0 heterocycles. The summed E-state index contributed by atoms with van der Waals surface area (Å²) in [5.74, 6) is -1.27. The van der Waals surface area contributed by atoms with Crippen LogP contribution in [0, 0.1) is 20.2 Å². The molecule has 2 rings (SSSR count). The lowest BCUT2D eigenvalue weighted by molar-refractivity contribution is -0.385. The largest absolute Gasteiger partial charge is 0.422 e. The predicted octanol–water partition coefficient (Wildman–Crippen LogP) is 2.53. The molecule has 0 amide bonds. The highest BCUT2D eigenvalue weighted by Gasteiger charge is 2.22. The van der Waals surface area contributed by atoms with Gasteiger partial charge in [0.1, 0.15) is 11.3 Å². The van der Waals surface area contributed by atoms with Crippen molar-refractivity contribution in [2.75, 3.05) is 0 Å². The van der Waals surface area contributed by atoms with Crippen molar-refractivity contribution in [3.05, 3.63) is 73.8 Å². The number of hydrogen-bond acceptors (Lipinski definition) is 7. The van der Waals surface area contributed by atoms with E-state index in [0.29, 0.717) is 0 Å². The smallest absolute Gasteiger partial charge is 0.350 e. The third-order valence-electron chi connectivity index (χ3n) is 2.85. The number of esters is 1. The zero-order valence-corrected chi connectivity index (χ0v) is 11.4. The highest BCUT2D eigenvalue weighted by molar-refractivity contribution is 5.96. The summed E-state index contributed by atoms with van der Waals surface area (Å²) in [4.78, 5) is 43.1. The Morgan fingerprint density at radius 1 is 1.04 bits per heavy atom. The van der Waals surface area contributed by atoms with Crippen LogP contribution < -0.4 is 4.74 Å². The van der Waals surface area contributed by atoms with Crippen LogP contribution in [0.1, 0.15) is 20.7 Å². The molecule has 0 unspecified atom stereocenters. The van der Waals surface area contributed by atoms with E-state index in [1.807, 2.05) is 0 Å². The highest BCUT2D eigenvalue weighted by Crippen LogP contribution is 2.25. The third kappa shape index (κ3) is 3.35. The van der Waals surface area contributed by atoms with Gasteiger partial charge in [-0.25, -0.2) is 4.79 Å². The van der Waals surface area contributed by atoms with E-state index in [4.69, 9.17) is 4.74 Å². The number of non-ortho nitro benzene ring substituents is 1. The van der Waals surface area contributed by atoms with Crippen molar-refractivity contribution >= 4 is 23.6 Å². The topological polar surface area (TPSA) is 130 Å². The number of carbonyl (C=O) groups excluding carboxylic acids is 2. The molecule has 0 aromatic heterocycles. The van der Waals surface area contributed by atoms with Gasteiger partial charge in [0.15, 0.2) is 6.29 Å². The van der Waals surface area contributed by atoms with E-state index in [2.05, 4.69) is 0 Å². The Morgan fingerprint density at radius 3 is 2.35 bits per heavy atom. The first-order valence-corrected chi connectivity index (χ1v) is 6.13. The predicted molar refractivity (Wildman–Crippen MR) is 76.5 cm³/mol. The average Bonchev–Trinajstić information content (AvgIpc) is 2.54. The van der Waals surface area contributed by atoms with E-state index in [1.165, 1.54) is 18.2 Å². The SMILES string of the molecule is O=Cc1cc([N+](=O)[O-])ccc1OC(=O)c1ccccc1[N+](=O)[O-].